The zero-order valence-electron chi connectivity index (χ0n) is 10.5. The molecule has 0 aromatic heterocycles. The molecular weight excluding hydrogens is 257 g/mol. The predicted molar refractivity (Wildman–Crippen MR) is 66.0 cm³/mol. The first-order chi connectivity index (χ1) is 8.87. The van der Waals surface area contributed by atoms with Crippen molar-refractivity contribution < 1.29 is 18.0 Å². The Labute approximate surface area is 109 Å². The number of nitrogens with one attached hydrogen (secondary N) is 1. The third-order valence-electron chi connectivity index (χ3n) is 3.15. The summed E-state index contributed by atoms with van der Waals surface area (Å²) < 4.78 is 36.1. The summed E-state index contributed by atoms with van der Waals surface area (Å²) in [6.45, 7) is 0.626. The second-order valence-corrected chi connectivity index (χ2v) is 4.70. The number of para-hydroxylation sites is 1. The molecule has 1 aromatic rings. The van der Waals surface area contributed by atoms with Crippen molar-refractivity contribution in [1.82, 2.24) is 5.32 Å². The van der Waals surface area contributed by atoms with Gasteiger partial charge in [0.1, 0.15) is 6.54 Å². The number of nitrogens with zero attached hydrogens (tertiary/aromatic N) is 1. The van der Waals surface area contributed by atoms with Gasteiger partial charge in [-0.1, -0.05) is 18.2 Å². The smallest absolute Gasteiger partial charge is 0.359 e. The Balaban J connectivity index is 1.98. The lowest BCUT2D eigenvalue weighted by Gasteiger charge is -2.24. The molecule has 6 heteroatoms. The molecule has 0 unspecified atom stereocenters. The largest absolute Gasteiger partial charge is 0.405 e. The van der Waals surface area contributed by atoms with E-state index in [1.54, 1.807) is 0 Å². The first-order valence-corrected chi connectivity index (χ1v) is 6.05. The Bertz CT molecular complexity index is 473. The molecular formula is C13H15F3N2O. The van der Waals surface area contributed by atoms with Gasteiger partial charge in [0, 0.05) is 11.7 Å². The zero-order valence-corrected chi connectivity index (χ0v) is 10.5. The Morgan fingerprint density at radius 2 is 2.11 bits per heavy atom. The minimum absolute atomic E-state index is 0.0474. The molecule has 2 rings (SSSR count). The summed E-state index contributed by atoms with van der Waals surface area (Å²) in [4.78, 5) is 13.4. The number of benzene rings is 1. The normalized spacial score (nSPS) is 18.3. The van der Waals surface area contributed by atoms with Crippen LogP contribution in [0.4, 0.5) is 18.9 Å². The molecule has 0 fully saturated rings. The van der Waals surface area contributed by atoms with Crippen molar-refractivity contribution in [2.24, 2.45) is 0 Å². The number of carbonyl (C=O) groups excluding carboxylic acids is 1. The van der Waals surface area contributed by atoms with Crippen LogP contribution in [0.1, 0.15) is 12.5 Å². The molecule has 1 aliphatic rings. The van der Waals surface area contributed by atoms with Crippen molar-refractivity contribution in [3.63, 3.8) is 0 Å². The van der Waals surface area contributed by atoms with Gasteiger partial charge in [0.05, 0.1) is 6.54 Å². The lowest BCUT2D eigenvalue weighted by molar-refractivity contribution is -0.137. The Morgan fingerprint density at radius 1 is 1.42 bits per heavy atom. The number of amides is 1. The Hall–Kier alpha value is -1.72. The minimum Gasteiger partial charge on any atom is -0.359 e. The molecule has 0 aliphatic carbocycles. The molecule has 1 N–H and O–H groups in total. The van der Waals surface area contributed by atoms with Crippen molar-refractivity contribution in [2.45, 2.75) is 25.6 Å². The molecule has 0 bridgehead atoms. The molecule has 104 valence electrons. The number of hydrogen-bond donors (Lipinski definition) is 1. The van der Waals surface area contributed by atoms with E-state index in [1.807, 2.05) is 41.4 Å². The van der Waals surface area contributed by atoms with Crippen LogP contribution < -0.4 is 10.2 Å². The number of fused-ring (bicyclic) bond motifs is 1. The van der Waals surface area contributed by atoms with Crippen LogP contribution in [0.25, 0.3) is 0 Å². The van der Waals surface area contributed by atoms with E-state index < -0.39 is 18.6 Å². The van der Waals surface area contributed by atoms with Gasteiger partial charge >= 0.3 is 6.18 Å². The van der Waals surface area contributed by atoms with E-state index >= 15 is 0 Å². The van der Waals surface area contributed by atoms with Gasteiger partial charge in [0.15, 0.2) is 0 Å². The van der Waals surface area contributed by atoms with E-state index in [2.05, 4.69) is 0 Å². The van der Waals surface area contributed by atoms with Crippen LogP contribution in [0, 0.1) is 0 Å². The van der Waals surface area contributed by atoms with E-state index in [0.717, 1.165) is 17.7 Å². The molecule has 19 heavy (non-hydrogen) atoms. The Morgan fingerprint density at radius 3 is 2.79 bits per heavy atom. The topological polar surface area (TPSA) is 32.3 Å². The number of hydrogen-bond acceptors (Lipinski definition) is 2. The summed E-state index contributed by atoms with van der Waals surface area (Å²) >= 11 is 0. The third kappa shape index (κ3) is 3.39. The van der Waals surface area contributed by atoms with E-state index in [4.69, 9.17) is 0 Å². The Kier molecular flexibility index (Phi) is 3.68. The van der Waals surface area contributed by atoms with Crippen LogP contribution in [-0.2, 0) is 11.2 Å². The van der Waals surface area contributed by atoms with Crippen LogP contribution in [0.15, 0.2) is 24.3 Å². The number of rotatable bonds is 3. The summed E-state index contributed by atoms with van der Waals surface area (Å²) in [6, 6.07) is 7.75. The summed E-state index contributed by atoms with van der Waals surface area (Å²) in [5, 5.41) is 1.90. The minimum atomic E-state index is -4.37. The van der Waals surface area contributed by atoms with Crippen molar-refractivity contribution in [2.75, 3.05) is 18.0 Å². The lowest BCUT2D eigenvalue weighted by Crippen LogP contribution is -2.43. The maximum atomic E-state index is 12.0. The van der Waals surface area contributed by atoms with Crippen LogP contribution >= 0.6 is 0 Å². The summed E-state index contributed by atoms with van der Waals surface area (Å²) in [7, 11) is 0. The highest BCUT2D eigenvalue weighted by Crippen LogP contribution is 2.31. The third-order valence-corrected chi connectivity index (χ3v) is 3.15. The molecule has 3 nitrogen and oxygen atoms in total. The predicted octanol–water partition coefficient (Wildman–Crippen LogP) is 2.12. The van der Waals surface area contributed by atoms with Crippen LogP contribution in [-0.4, -0.2) is 31.2 Å². The number of carbonyl (C=O) groups is 1. The monoisotopic (exact) mass is 272 g/mol. The van der Waals surface area contributed by atoms with Gasteiger partial charge in [-0.2, -0.15) is 13.2 Å². The highest BCUT2D eigenvalue weighted by atomic mass is 19.4. The number of anilines is 1. The van der Waals surface area contributed by atoms with Gasteiger partial charge in [-0.05, 0) is 25.0 Å². The fourth-order valence-electron chi connectivity index (χ4n) is 2.28. The van der Waals surface area contributed by atoms with E-state index in [-0.39, 0.29) is 12.6 Å². The van der Waals surface area contributed by atoms with Crippen LogP contribution in [0.5, 0.6) is 0 Å². The van der Waals surface area contributed by atoms with Gasteiger partial charge in [0.2, 0.25) is 5.91 Å². The fourth-order valence-corrected chi connectivity index (χ4v) is 2.28. The van der Waals surface area contributed by atoms with E-state index in [0.29, 0.717) is 0 Å². The number of alkyl halides is 3. The van der Waals surface area contributed by atoms with Crippen LogP contribution in [0.2, 0.25) is 0 Å². The summed E-state index contributed by atoms with van der Waals surface area (Å²) in [6.07, 6.45) is -3.56. The van der Waals surface area contributed by atoms with E-state index in [1.165, 1.54) is 0 Å². The van der Waals surface area contributed by atoms with Gasteiger partial charge in [-0.15, -0.1) is 0 Å². The van der Waals surface area contributed by atoms with Crippen molar-refractivity contribution >= 4 is 11.6 Å². The highest BCUT2D eigenvalue weighted by Gasteiger charge is 2.30. The zero-order chi connectivity index (χ0) is 14.0. The molecule has 0 spiro atoms. The summed E-state index contributed by atoms with van der Waals surface area (Å²) in [5.74, 6) is -0.610. The van der Waals surface area contributed by atoms with E-state index in [9.17, 15) is 18.0 Å². The van der Waals surface area contributed by atoms with Gasteiger partial charge < -0.3 is 10.2 Å². The van der Waals surface area contributed by atoms with Crippen LogP contribution in [0.3, 0.4) is 0 Å². The second-order valence-electron chi connectivity index (χ2n) is 4.70. The molecule has 1 amide bonds. The molecule has 1 heterocycles. The maximum absolute atomic E-state index is 12.0. The quantitative estimate of drug-likeness (QED) is 0.914. The average molecular weight is 272 g/mol. The molecule has 0 radical (unpaired) electrons. The lowest BCUT2D eigenvalue weighted by atomic mass is 10.1. The van der Waals surface area contributed by atoms with Gasteiger partial charge in [0.25, 0.3) is 0 Å². The molecule has 1 atom stereocenters. The molecule has 1 aliphatic heterocycles. The first kappa shape index (κ1) is 13.7. The van der Waals surface area contributed by atoms with Gasteiger partial charge in [-0.3, -0.25) is 4.79 Å². The second kappa shape index (κ2) is 5.11. The molecule has 1 aromatic carbocycles. The standard InChI is InChI=1S/C13H15F3N2O/c1-9-6-10-4-2-3-5-11(10)18(9)7-12(19)17-8-13(14,15)16/h2-5,9H,6-8H2,1H3,(H,17,19)/t9-/m0/s1. The fraction of sp³-hybridized carbons (Fsp3) is 0.462. The molecule has 0 saturated heterocycles. The first-order valence-electron chi connectivity index (χ1n) is 6.05. The van der Waals surface area contributed by atoms with Crippen molar-refractivity contribution in [3.05, 3.63) is 29.8 Å². The molecule has 0 saturated carbocycles. The number of halogens is 3. The van der Waals surface area contributed by atoms with Gasteiger partial charge in [-0.25, -0.2) is 0 Å². The van der Waals surface area contributed by atoms with Crippen molar-refractivity contribution in [1.29, 1.82) is 0 Å². The summed E-state index contributed by atoms with van der Waals surface area (Å²) in [5.41, 5.74) is 2.05. The highest BCUT2D eigenvalue weighted by molar-refractivity contribution is 5.82. The SMILES string of the molecule is C[C@H]1Cc2ccccc2N1CC(=O)NCC(F)(F)F. The van der Waals surface area contributed by atoms with Crippen molar-refractivity contribution in [3.8, 4) is 0 Å². The average Bonchev–Trinajstić information content (AvgIpc) is 2.63. The maximum Gasteiger partial charge on any atom is 0.405 e.